The molecule has 0 saturated heterocycles. The molecule has 0 aliphatic carbocycles. The zero-order valence-electron chi connectivity index (χ0n) is 12.0. The van der Waals surface area contributed by atoms with Crippen LogP contribution in [0.5, 0.6) is 5.88 Å². The molecule has 0 spiro atoms. The van der Waals surface area contributed by atoms with Crippen molar-refractivity contribution >= 4 is 0 Å². The van der Waals surface area contributed by atoms with E-state index in [1.807, 2.05) is 24.3 Å². The maximum atomic E-state index is 5.60. The minimum atomic E-state index is 0.107. The summed E-state index contributed by atoms with van der Waals surface area (Å²) in [4.78, 5) is 4.12. The van der Waals surface area contributed by atoms with E-state index in [4.69, 9.17) is 9.47 Å². The van der Waals surface area contributed by atoms with E-state index in [1.54, 1.807) is 13.3 Å². The molecule has 1 aromatic heterocycles. The quantitative estimate of drug-likeness (QED) is 0.670. The molecule has 3 heteroatoms. The van der Waals surface area contributed by atoms with Crippen LogP contribution in [0.1, 0.15) is 20.3 Å². The monoisotopic (exact) mass is 261 g/mol. The van der Waals surface area contributed by atoms with Crippen LogP contribution in [0.25, 0.3) is 0 Å². The van der Waals surface area contributed by atoms with Crippen LogP contribution >= 0.6 is 0 Å². The molecule has 2 atom stereocenters. The van der Waals surface area contributed by atoms with E-state index < -0.39 is 0 Å². The first-order valence-electron chi connectivity index (χ1n) is 6.52. The summed E-state index contributed by atoms with van der Waals surface area (Å²) in [6.45, 7) is 8.56. The smallest absolute Gasteiger partial charge is 0.213 e. The Morgan fingerprint density at radius 1 is 1.47 bits per heavy atom. The minimum Gasteiger partial charge on any atom is -0.473 e. The predicted octanol–water partition coefficient (Wildman–Crippen LogP) is 3.63. The van der Waals surface area contributed by atoms with Crippen molar-refractivity contribution in [3.8, 4) is 5.88 Å². The van der Waals surface area contributed by atoms with Gasteiger partial charge in [0.15, 0.2) is 0 Å². The fourth-order valence-electron chi connectivity index (χ4n) is 1.88. The number of methoxy groups -OCH3 is 1. The predicted molar refractivity (Wildman–Crippen MR) is 78.3 cm³/mol. The topological polar surface area (TPSA) is 31.4 Å². The second kappa shape index (κ2) is 8.48. The Bertz CT molecular complexity index is 400. The van der Waals surface area contributed by atoms with E-state index in [0.717, 1.165) is 6.42 Å². The second-order valence-electron chi connectivity index (χ2n) is 4.69. The summed E-state index contributed by atoms with van der Waals surface area (Å²) in [6.07, 6.45) is 6.81. The first-order valence-corrected chi connectivity index (χ1v) is 6.52. The molecular weight excluding hydrogens is 238 g/mol. The van der Waals surface area contributed by atoms with Crippen LogP contribution in [-0.4, -0.2) is 24.8 Å². The molecule has 3 nitrogen and oxygen atoms in total. The maximum Gasteiger partial charge on any atom is 0.213 e. The Morgan fingerprint density at radius 3 is 2.84 bits per heavy atom. The molecule has 19 heavy (non-hydrogen) atoms. The van der Waals surface area contributed by atoms with Gasteiger partial charge in [0.2, 0.25) is 5.88 Å². The summed E-state index contributed by atoms with van der Waals surface area (Å²) in [5, 5.41) is 0. The van der Waals surface area contributed by atoms with Crippen molar-refractivity contribution in [1.82, 2.24) is 4.98 Å². The molecule has 1 aromatic rings. The summed E-state index contributed by atoms with van der Waals surface area (Å²) in [5.41, 5.74) is 1.19. The number of hydrogen-bond acceptors (Lipinski definition) is 3. The Morgan fingerprint density at radius 2 is 2.26 bits per heavy atom. The van der Waals surface area contributed by atoms with Crippen molar-refractivity contribution in [2.24, 2.45) is 5.92 Å². The molecule has 0 aliphatic rings. The lowest BCUT2D eigenvalue weighted by Gasteiger charge is -2.14. The first kappa shape index (κ1) is 15.4. The van der Waals surface area contributed by atoms with Gasteiger partial charge in [-0.3, -0.25) is 0 Å². The highest BCUT2D eigenvalue weighted by Gasteiger charge is 2.07. The molecule has 1 unspecified atom stereocenters. The van der Waals surface area contributed by atoms with Gasteiger partial charge < -0.3 is 9.47 Å². The fraction of sp³-hybridized carbons (Fsp3) is 0.438. The molecule has 1 rings (SSSR count). The Kier molecular flexibility index (Phi) is 6.90. The lowest BCUT2D eigenvalue weighted by atomic mass is 10.0. The molecule has 0 bridgehead atoms. The van der Waals surface area contributed by atoms with Crippen LogP contribution in [0.2, 0.25) is 0 Å². The summed E-state index contributed by atoms with van der Waals surface area (Å²) in [5.74, 6) is 1.08. The zero-order valence-corrected chi connectivity index (χ0v) is 12.0. The number of nitrogens with zero attached hydrogens (tertiary/aromatic N) is 1. The number of aromatic nitrogens is 1. The van der Waals surface area contributed by atoms with E-state index in [-0.39, 0.29) is 6.10 Å². The largest absolute Gasteiger partial charge is 0.473 e. The van der Waals surface area contributed by atoms with Gasteiger partial charge in [-0.25, -0.2) is 4.98 Å². The van der Waals surface area contributed by atoms with E-state index in [2.05, 4.69) is 31.5 Å². The summed E-state index contributed by atoms with van der Waals surface area (Å²) in [6, 6.07) is 5.64. The molecule has 1 heterocycles. The van der Waals surface area contributed by atoms with Gasteiger partial charge in [-0.05, 0) is 30.9 Å². The van der Waals surface area contributed by atoms with Gasteiger partial charge in [-0.1, -0.05) is 25.1 Å². The van der Waals surface area contributed by atoms with Crippen molar-refractivity contribution < 1.29 is 9.47 Å². The summed E-state index contributed by atoms with van der Waals surface area (Å²) >= 11 is 0. The number of pyridine rings is 1. The molecule has 0 N–H and O–H groups in total. The number of rotatable bonds is 8. The van der Waals surface area contributed by atoms with Crippen molar-refractivity contribution in [2.75, 3.05) is 13.7 Å². The molecule has 0 saturated carbocycles. The van der Waals surface area contributed by atoms with Crippen molar-refractivity contribution in [1.29, 1.82) is 0 Å². The third kappa shape index (κ3) is 6.20. The van der Waals surface area contributed by atoms with E-state index in [0.29, 0.717) is 18.4 Å². The number of ether oxygens (including phenoxy) is 2. The van der Waals surface area contributed by atoms with Crippen molar-refractivity contribution in [3.63, 3.8) is 0 Å². The van der Waals surface area contributed by atoms with Gasteiger partial charge in [0.25, 0.3) is 0 Å². The van der Waals surface area contributed by atoms with Crippen molar-refractivity contribution in [2.45, 2.75) is 26.4 Å². The van der Waals surface area contributed by atoms with E-state index >= 15 is 0 Å². The molecule has 0 aliphatic heterocycles. The third-order valence-electron chi connectivity index (χ3n) is 2.82. The highest BCUT2D eigenvalue weighted by Crippen LogP contribution is 2.14. The van der Waals surface area contributed by atoms with E-state index in [9.17, 15) is 0 Å². The molecule has 0 radical (unpaired) electrons. The average molecular weight is 261 g/mol. The lowest BCUT2D eigenvalue weighted by Crippen LogP contribution is -2.11. The molecule has 104 valence electrons. The SMILES string of the molecule is C=CC(C[C@H](C)/C=C(/C)COc1ccccn1)OC. The zero-order chi connectivity index (χ0) is 14.1. The maximum absolute atomic E-state index is 5.60. The third-order valence-corrected chi connectivity index (χ3v) is 2.82. The normalized spacial score (nSPS) is 14.8. The van der Waals surface area contributed by atoms with Crippen LogP contribution in [0, 0.1) is 5.92 Å². The number of allylic oxidation sites excluding steroid dienone is 1. The van der Waals surface area contributed by atoms with E-state index in [1.165, 1.54) is 5.57 Å². The van der Waals surface area contributed by atoms with Crippen LogP contribution in [0.3, 0.4) is 0 Å². The van der Waals surface area contributed by atoms with Crippen LogP contribution in [0.4, 0.5) is 0 Å². The van der Waals surface area contributed by atoms with Gasteiger partial charge in [-0.15, -0.1) is 6.58 Å². The molecular formula is C16H23NO2. The van der Waals surface area contributed by atoms with Gasteiger partial charge in [0.05, 0.1) is 6.10 Å². The summed E-state index contributed by atoms with van der Waals surface area (Å²) < 4.78 is 10.9. The number of hydrogen-bond donors (Lipinski definition) is 0. The standard InChI is InChI=1S/C16H23NO2/c1-5-15(18-4)11-13(2)10-14(3)12-19-16-8-6-7-9-17-16/h5-10,13,15H,1,11-12H2,2-4H3/b14-10-/t13-,15?/m1/s1. The lowest BCUT2D eigenvalue weighted by molar-refractivity contribution is 0.125. The molecule has 0 aromatic carbocycles. The Labute approximate surface area is 116 Å². The summed E-state index contributed by atoms with van der Waals surface area (Å²) in [7, 11) is 1.71. The molecule has 0 fully saturated rings. The van der Waals surface area contributed by atoms with Gasteiger partial charge >= 0.3 is 0 Å². The Hall–Kier alpha value is -1.61. The van der Waals surface area contributed by atoms with Crippen LogP contribution < -0.4 is 4.74 Å². The van der Waals surface area contributed by atoms with Crippen LogP contribution in [0.15, 0.2) is 48.7 Å². The molecule has 0 amide bonds. The minimum absolute atomic E-state index is 0.107. The van der Waals surface area contributed by atoms with Crippen LogP contribution in [-0.2, 0) is 4.74 Å². The van der Waals surface area contributed by atoms with Gasteiger partial charge in [0, 0.05) is 19.4 Å². The van der Waals surface area contributed by atoms with Gasteiger partial charge in [-0.2, -0.15) is 0 Å². The van der Waals surface area contributed by atoms with Gasteiger partial charge in [0.1, 0.15) is 6.61 Å². The highest BCUT2D eigenvalue weighted by molar-refractivity contribution is 5.11. The second-order valence-corrected chi connectivity index (χ2v) is 4.69. The highest BCUT2D eigenvalue weighted by atomic mass is 16.5. The Balaban J connectivity index is 2.41. The first-order chi connectivity index (χ1) is 9.15. The van der Waals surface area contributed by atoms with Crippen molar-refractivity contribution in [3.05, 3.63) is 48.7 Å². The fourth-order valence-corrected chi connectivity index (χ4v) is 1.88. The average Bonchev–Trinajstić information content (AvgIpc) is 2.43.